The minimum atomic E-state index is -0.678. The second-order valence-corrected chi connectivity index (χ2v) is 7.26. The van der Waals surface area contributed by atoms with E-state index >= 15 is 0 Å². The van der Waals surface area contributed by atoms with Crippen LogP contribution in [0.1, 0.15) is 76.4 Å². The van der Waals surface area contributed by atoms with E-state index in [9.17, 15) is 9.90 Å². The van der Waals surface area contributed by atoms with Crippen LogP contribution in [-0.4, -0.2) is 38.2 Å². The highest BCUT2D eigenvalue weighted by Gasteiger charge is 2.35. The zero-order valence-corrected chi connectivity index (χ0v) is 14.1. The van der Waals surface area contributed by atoms with E-state index in [1.54, 1.807) is 0 Å². The van der Waals surface area contributed by atoms with E-state index in [1.165, 1.54) is 19.3 Å². The predicted octanol–water partition coefficient (Wildman–Crippen LogP) is 3.19. The second-order valence-electron chi connectivity index (χ2n) is 7.26. The van der Waals surface area contributed by atoms with Gasteiger partial charge in [-0.1, -0.05) is 24.4 Å². The van der Waals surface area contributed by atoms with Crippen molar-refractivity contribution >= 4 is 5.97 Å². The molecule has 1 N–H and O–H groups in total. The Morgan fingerprint density at radius 3 is 2.48 bits per heavy atom. The first-order valence-electron chi connectivity index (χ1n) is 8.85. The topological polar surface area (TPSA) is 79.5 Å². The maximum absolute atomic E-state index is 11.2. The van der Waals surface area contributed by atoms with Crippen molar-refractivity contribution in [3.8, 4) is 0 Å². The summed E-state index contributed by atoms with van der Waals surface area (Å²) < 4.78 is 5.49. The lowest BCUT2D eigenvalue weighted by atomic mass is 9.87. The Hall–Kier alpha value is -1.43. The first-order chi connectivity index (χ1) is 11.0. The lowest BCUT2D eigenvalue weighted by molar-refractivity contribution is -0.145. The number of nitrogens with zero attached hydrogens (tertiary/aromatic N) is 3. The molecule has 2 unspecified atom stereocenters. The van der Waals surface area contributed by atoms with Crippen LogP contribution in [0.25, 0.3) is 0 Å². The lowest BCUT2D eigenvalue weighted by Crippen LogP contribution is -2.47. The lowest BCUT2D eigenvalue weighted by Gasteiger charge is -2.40. The molecule has 2 heterocycles. The third-order valence-electron chi connectivity index (χ3n) is 5.50. The van der Waals surface area contributed by atoms with Gasteiger partial charge < -0.3 is 9.63 Å². The standard InChI is InChI=1S/C17H27N3O3/c1-11-8-14(17(21)22)9-12(2)20(11)10-15-18-16(23-19-15)13-6-4-3-5-7-13/h11-14H,3-10H2,1-2H3,(H,21,22). The Morgan fingerprint density at radius 1 is 1.22 bits per heavy atom. The molecular formula is C17H27N3O3. The number of carboxylic acids is 1. The van der Waals surface area contributed by atoms with Crippen LogP contribution >= 0.6 is 0 Å². The van der Waals surface area contributed by atoms with Gasteiger partial charge in [0.2, 0.25) is 5.89 Å². The molecule has 2 aliphatic rings. The van der Waals surface area contributed by atoms with E-state index in [4.69, 9.17) is 4.52 Å². The van der Waals surface area contributed by atoms with Gasteiger partial charge in [0.05, 0.1) is 12.5 Å². The first kappa shape index (κ1) is 16.4. The Morgan fingerprint density at radius 2 is 1.87 bits per heavy atom. The van der Waals surface area contributed by atoms with Gasteiger partial charge >= 0.3 is 5.97 Å². The number of hydrogen-bond donors (Lipinski definition) is 1. The van der Waals surface area contributed by atoms with Crippen LogP contribution < -0.4 is 0 Å². The van der Waals surface area contributed by atoms with Crippen molar-refractivity contribution in [2.45, 2.75) is 83.3 Å². The van der Waals surface area contributed by atoms with E-state index in [-0.39, 0.29) is 18.0 Å². The highest BCUT2D eigenvalue weighted by Crippen LogP contribution is 2.32. The summed E-state index contributed by atoms with van der Waals surface area (Å²) in [4.78, 5) is 18.1. The molecule has 0 amide bonds. The summed E-state index contributed by atoms with van der Waals surface area (Å²) in [5.74, 6) is 1.04. The Labute approximate surface area is 137 Å². The molecule has 0 aromatic carbocycles. The number of rotatable bonds is 4. The van der Waals surface area contributed by atoms with Gasteiger partial charge in [-0.25, -0.2) is 0 Å². The monoisotopic (exact) mass is 321 g/mol. The van der Waals surface area contributed by atoms with Crippen LogP contribution in [0.5, 0.6) is 0 Å². The molecule has 3 rings (SSSR count). The Balaban J connectivity index is 1.62. The quantitative estimate of drug-likeness (QED) is 0.917. The fourth-order valence-corrected chi connectivity index (χ4v) is 4.15. The average Bonchev–Trinajstić information content (AvgIpc) is 3.00. The van der Waals surface area contributed by atoms with Crippen molar-refractivity contribution < 1.29 is 14.4 Å². The molecule has 1 aliphatic heterocycles. The molecule has 1 saturated carbocycles. The van der Waals surface area contributed by atoms with Crippen molar-refractivity contribution in [1.82, 2.24) is 15.0 Å². The Bertz CT molecular complexity index is 527. The van der Waals surface area contributed by atoms with Gasteiger partial charge in [0.25, 0.3) is 0 Å². The third-order valence-corrected chi connectivity index (χ3v) is 5.50. The molecule has 6 heteroatoms. The zero-order chi connectivity index (χ0) is 16.4. The van der Waals surface area contributed by atoms with Gasteiger partial charge in [0, 0.05) is 18.0 Å². The molecule has 6 nitrogen and oxygen atoms in total. The van der Waals surface area contributed by atoms with Crippen molar-refractivity contribution in [3.63, 3.8) is 0 Å². The third kappa shape index (κ3) is 3.74. The van der Waals surface area contributed by atoms with Gasteiger partial charge in [-0.2, -0.15) is 4.98 Å². The van der Waals surface area contributed by atoms with Gasteiger partial charge in [0.15, 0.2) is 5.82 Å². The highest BCUT2D eigenvalue weighted by molar-refractivity contribution is 5.70. The SMILES string of the molecule is CC1CC(C(=O)O)CC(C)N1Cc1noc(C2CCCCC2)n1. The first-order valence-corrected chi connectivity index (χ1v) is 8.85. The summed E-state index contributed by atoms with van der Waals surface area (Å²) in [5.41, 5.74) is 0. The van der Waals surface area contributed by atoms with E-state index < -0.39 is 5.97 Å². The minimum absolute atomic E-state index is 0.219. The van der Waals surface area contributed by atoms with Crippen molar-refractivity contribution in [2.24, 2.45) is 5.92 Å². The molecule has 1 aromatic rings. The summed E-state index contributed by atoms with van der Waals surface area (Å²) in [6, 6.07) is 0.438. The number of hydrogen-bond acceptors (Lipinski definition) is 5. The van der Waals surface area contributed by atoms with Gasteiger partial charge in [-0.15, -0.1) is 0 Å². The van der Waals surface area contributed by atoms with Crippen LogP contribution in [0.15, 0.2) is 4.52 Å². The smallest absolute Gasteiger partial charge is 0.306 e. The summed E-state index contributed by atoms with van der Waals surface area (Å²) in [6.45, 7) is 4.83. The molecule has 1 aromatic heterocycles. The minimum Gasteiger partial charge on any atom is -0.481 e. The van der Waals surface area contributed by atoms with E-state index in [1.807, 2.05) is 0 Å². The molecule has 0 radical (unpaired) electrons. The molecule has 23 heavy (non-hydrogen) atoms. The van der Waals surface area contributed by atoms with Crippen molar-refractivity contribution in [2.75, 3.05) is 0 Å². The fourth-order valence-electron chi connectivity index (χ4n) is 4.15. The molecule has 0 bridgehead atoms. The van der Waals surface area contributed by atoms with E-state index in [0.29, 0.717) is 25.3 Å². The van der Waals surface area contributed by atoms with Gasteiger partial charge in [-0.05, 0) is 39.5 Å². The zero-order valence-electron chi connectivity index (χ0n) is 14.1. The summed E-state index contributed by atoms with van der Waals surface area (Å²) >= 11 is 0. The molecule has 128 valence electrons. The highest BCUT2D eigenvalue weighted by atomic mass is 16.5. The average molecular weight is 321 g/mol. The van der Waals surface area contributed by atoms with Crippen molar-refractivity contribution in [3.05, 3.63) is 11.7 Å². The van der Waals surface area contributed by atoms with Crippen LogP contribution in [0, 0.1) is 5.92 Å². The maximum Gasteiger partial charge on any atom is 0.306 e. The number of carboxylic acid groups (broad SMARTS) is 1. The second kappa shape index (κ2) is 6.99. The van der Waals surface area contributed by atoms with Crippen LogP contribution in [0.2, 0.25) is 0 Å². The molecule has 0 spiro atoms. The van der Waals surface area contributed by atoms with Crippen LogP contribution in [0.4, 0.5) is 0 Å². The summed E-state index contributed by atoms with van der Waals surface area (Å²) in [5, 5.41) is 13.4. The number of aromatic nitrogens is 2. The largest absolute Gasteiger partial charge is 0.481 e. The Kier molecular flexibility index (Phi) is 4.99. The summed E-state index contributed by atoms with van der Waals surface area (Å²) in [7, 11) is 0. The number of piperidine rings is 1. The van der Waals surface area contributed by atoms with Crippen LogP contribution in [-0.2, 0) is 11.3 Å². The number of aliphatic carboxylic acids is 1. The number of likely N-dealkylation sites (tertiary alicyclic amines) is 1. The molecule has 2 fully saturated rings. The normalized spacial score (nSPS) is 30.4. The predicted molar refractivity (Wildman–Crippen MR) is 85.0 cm³/mol. The molecule has 1 aliphatic carbocycles. The molecule has 1 saturated heterocycles. The van der Waals surface area contributed by atoms with E-state index in [0.717, 1.165) is 24.6 Å². The van der Waals surface area contributed by atoms with Gasteiger partial charge in [0.1, 0.15) is 0 Å². The maximum atomic E-state index is 11.2. The van der Waals surface area contributed by atoms with Gasteiger partial charge in [-0.3, -0.25) is 9.69 Å². The molecule has 2 atom stereocenters. The van der Waals surface area contributed by atoms with E-state index in [2.05, 4.69) is 28.9 Å². The van der Waals surface area contributed by atoms with Crippen LogP contribution in [0.3, 0.4) is 0 Å². The number of carbonyl (C=O) groups is 1. The summed E-state index contributed by atoms with van der Waals surface area (Å²) in [6.07, 6.45) is 7.49. The van der Waals surface area contributed by atoms with Crippen molar-refractivity contribution in [1.29, 1.82) is 0 Å². The molecular weight excluding hydrogens is 294 g/mol. The fraction of sp³-hybridized carbons (Fsp3) is 0.824.